The van der Waals surface area contributed by atoms with E-state index < -0.39 is 54.0 Å². The lowest BCUT2D eigenvalue weighted by Gasteiger charge is -2.30. The molecule has 1 rings (SSSR count). The van der Waals surface area contributed by atoms with Crippen molar-refractivity contribution in [2.45, 2.75) is 70.8 Å². The number of carbonyl (C=O) groups excluding carboxylic acids is 3. The monoisotopic (exact) mass is 386 g/mol. The van der Waals surface area contributed by atoms with Gasteiger partial charge in [-0.3, -0.25) is 14.4 Å². The number of aliphatic hydroxyl groups excluding tert-OH is 1. The highest BCUT2D eigenvalue weighted by atomic mass is 16.4. The third kappa shape index (κ3) is 5.90. The van der Waals surface area contributed by atoms with Crippen molar-refractivity contribution in [2.24, 2.45) is 11.7 Å². The molecule has 0 radical (unpaired) electrons. The summed E-state index contributed by atoms with van der Waals surface area (Å²) in [7, 11) is 0. The van der Waals surface area contributed by atoms with E-state index >= 15 is 0 Å². The van der Waals surface area contributed by atoms with Crippen LogP contribution < -0.4 is 16.4 Å². The van der Waals surface area contributed by atoms with Gasteiger partial charge < -0.3 is 31.5 Å². The average molecular weight is 386 g/mol. The molecule has 10 nitrogen and oxygen atoms in total. The van der Waals surface area contributed by atoms with Gasteiger partial charge in [0.05, 0.1) is 6.10 Å². The highest BCUT2D eigenvalue weighted by Gasteiger charge is 2.39. The van der Waals surface area contributed by atoms with Crippen LogP contribution in [-0.2, 0) is 19.2 Å². The van der Waals surface area contributed by atoms with Gasteiger partial charge in [0.2, 0.25) is 17.7 Å². The molecule has 0 bridgehead atoms. The molecule has 5 atom stereocenters. The molecule has 154 valence electrons. The number of carboxylic acid groups (broad SMARTS) is 1. The Hall–Kier alpha value is -2.20. The van der Waals surface area contributed by atoms with Crippen molar-refractivity contribution in [1.82, 2.24) is 15.5 Å². The van der Waals surface area contributed by atoms with Crippen LogP contribution in [0.1, 0.15) is 40.5 Å². The molecule has 5 unspecified atom stereocenters. The summed E-state index contributed by atoms with van der Waals surface area (Å²) >= 11 is 0. The standard InChI is InChI=1S/C17H30N4O6/c1-8(2)13(16(25)21-7-5-6-11(21)17(26)27)20-14(23)9(3)19-15(24)12(18)10(4)22/h8-13,22H,5-7,18H2,1-4H3,(H,19,24)(H,20,23)(H,26,27). The van der Waals surface area contributed by atoms with Gasteiger partial charge in [0, 0.05) is 6.54 Å². The SMILES string of the molecule is CC(NC(=O)C(N)C(C)O)C(=O)NC(C(=O)N1CCCC1C(=O)O)C(C)C. The zero-order valence-electron chi connectivity index (χ0n) is 16.1. The van der Waals surface area contributed by atoms with Crippen molar-refractivity contribution in [3.63, 3.8) is 0 Å². The predicted molar refractivity (Wildman–Crippen MR) is 96.4 cm³/mol. The zero-order chi connectivity index (χ0) is 20.9. The normalized spacial score (nSPS) is 21.3. The van der Waals surface area contributed by atoms with Gasteiger partial charge in [-0.1, -0.05) is 13.8 Å². The molecule has 10 heteroatoms. The second-order valence-electron chi connectivity index (χ2n) is 7.25. The summed E-state index contributed by atoms with van der Waals surface area (Å²) in [5, 5.41) is 23.6. The molecule has 1 aliphatic rings. The third-order valence-corrected chi connectivity index (χ3v) is 4.63. The van der Waals surface area contributed by atoms with Gasteiger partial charge in [-0.2, -0.15) is 0 Å². The van der Waals surface area contributed by atoms with Crippen LogP contribution in [-0.4, -0.2) is 75.6 Å². The highest BCUT2D eigenvalue weighted by molar-refractivity contribution is 5.94. The summed E-state index contributed by atoms with van der Waals surface area (Å²) in [5.41, 5.74) is 5.52. The lowest BCUT2D eigenvalue weighted by Crippen LogP contribution is -2.58. The summed E-state index contributed by atoms with van der Waals surface area (Å²) in [4.78, 5) is 49.7. The first-order chi connectivity index (χ1) is 12.5. The molecule has 0 aromatic rings. The maximum Gasteiger partial charge on any atom is 0.326 e. The van der Waals surface area contributed by atoms with Crippen LogP contribution >= 0.6 is 0 Å². The summed E-state index contributed by atoms with van der Waals surface area (Å²) in [6.07, 6.45) is -0.109. The number of nitrogens with zero attached hydrogens (tertiary/aromatic N) is 1. The average Bonchev–Trinajstić information content (AvgIpc) is 3.07. The summed E-state index contributed by atoms with van der Waals surface area (Å²) in [5.74, 6) is -3.09. The first kappa shape index (κ1) is 22.8. The molecule has 1 aliphatic heterocycles. The highest BCUT2D eigenvalue weighted by Crippen LogP contribution is 2.20. The third-order valence-electron chi connectivity index (χ3n) is 4.63. The molecular formula is C17H30N4O6. The Balaban J connectivity index is 2.78. The van der Waals surface area contributed by atoms with Crippen LogP contribution in [0.3, 0.4) is 0 Å². The summed E-state index contributed by atoms with van der Waals surface area (Å²) in [6.45, 7) is 6.59. The smallest absolute Gasteiger partial charge is 0.326 e. The van der Waals surface area contributed by atoms with Crippen molar-refractivity contribution >= 4 is 23.7 Å². The maximum atomic E-state index is 12.8. The van der Waals surface area contributed by atoms with E-state index in [1.807, 2.05) is 0 Å². The summed E-state index contributed by atoms with van der Waals surface area (Å²) in [6, 6.07) is -3.96. The van der Waals surface area contributed by atoms with Crippen LogP contribution in [0, 0.1) is 5.92 Å². The quantitative estimate of drug-likeness (QED) is 0.336. The minimum absolute atomic E-state index is 0.279. The number of hydrogen-bond acceptors (Lipinski definition) is 6. The Kier molecular flexibility index (Phi) is 8.17. The van der Waals surface area contributed by atoms with Crippen molar-refractivity contribution < 1.29 is 29.4 Å². The number of aliphatic carboxylic acids is 1. The number of aliphatic hydroxyl groups is 1. The van der Waals surface area contributed by atoms with Crippen LogP contribution in [0.5, 0.6) is 0 Å². The van der Waals surface area contributed by atoms with Crippen molar-refractivity contribution in [2.75, 3.05) is 6.54 Å². The van der Waals surface area contributed by atoms with E-state index in [0.29, 0.717) is 19.4 Å². The molecule has 1 fully saturated rings. The zero-order valence-corrected chi connectivity index (χ0v) is 16.1. The second kappa shape index (κ2) is 9.65. The largest absolute Gasteiger partial charge is 0.480 e. The molecule has 27 heavy (non-hydrogen) atoms. The number of hydrogen-bond donors (Lipinski definition) is 5. The number of carbonyl (C=O) groups is 4. The lowest BCUT2D eigenvalue weighted by atomic mass is 10.0. The molecule has 1 saturated heterocycles. The van der Waals surface area contributed by atoms with E-state index in [0.717, 1.165) is 0 Å². The van der Waals surface area contributed by atoms with E-state index in [4.69, 9.17) is 5.73 Å². The van der Waals surface area contributed by atoms with E-state index in [1.165, 1.54) is 18.7 Å². The van der Waals surface area contributed by atoms with Gasteiger partial charge in [0.25, 0.3) is 0 Å². The maximum absolute atomic E-state index is 12.8. The second-order valence-corrected chi connectivity index (χ2v) is 7.25. The Labute approximate surface area is 158 Å². The fourth-order valence-corrected chi connectivity index (χ4v) is 2.85. The van der Waals surface area contributed by atoms with Gasteiger partial charge in [-0.15, -0.1) is 0 Å². The molecular weight excluding hydrogens is 356 g/mol. The van der Waals surface area contributed by atoms with Gasteiger partial charge in [-0.25, -0.2) is 4.79 Å². The number of nitrogens with one attached hydrogen (secondary N) is 2. The molecule has 0 aromatic carbocycles. The van der Waals surface area contributed by atoms with Crippen molar-refractivity contribution in [1.29, 1.82) is 0 Å². The van der Waals surface area contributed by atoms with Gasteiger partial charge in [0.15, 0.2) is 0 Å². The number of rotatable bonds is 8. The van der Waals surface area contributed by atoms with Gasteiger partial charge >= 0.3 is 5.97 Å². The fraction of sp³-hybridized carbons (Fsp3) is 0.765. The minimum atomic E-state index is -1.18. The molecule has 6 N–H and O–H groups in total. The predicted octanol–water partition coefficient (Wildman–Crippen LogP) is -1.58. The van der Waals surface area contributed by atoms with Crippen molar-refractivity contribution in [3.05, 3.63) is 0 Å². The molecule has 0 aliphatic carbocycles. The molecule has 1 heterocycles. The van der Waals surface area contributed by atoms with E-state index in [9.17, 15) is 29.4 Å². The lowest BCUT2D eigenvalue weighted by molar-refractivity contribution is -0.150. The number of likely N-dealkylation sites (tertiary alicyclic amines) is 1. The van der Waals surface area contributed by atoms with Gasteiger partial charge in [0.1, 0.15) is 24.2 Å². The number of amides is 3. The van der Waals surface area contributed by atoms with E-state index in [-0.39, 0.29) is 5.92 Å². The van der Waals surface area contributed by atoms with E-state index in [1.54, 1.807) is 13.8 Å². The first-order valence-corrected chi connectivity index (χ1v) is 9.05. The summed E-state index contributed by atoms with van der Waals surface area (Å²) < 4.78 is 0. The molecule has 0 spiro atoms. The van der Waals surface area contributed by atoms with E-state index in [2.05, 4.69) is 10.6 Å². The number of carboxylic acids is 1. The van der Waals surface area contributed by atoms with Gasteiger partial charge in [-0.05, 0) is 32.6 Å². The Morgan fingerprint density at radius 1 is 1.07 bits per heavy atom. The van der Waals surface area contributed by atoms with Crippen molar-refractivity contribution in [3.8, 4) is 0 Å². The topological polar surface area (TPSA) is 162 Å². The Morgan fingerprint density at radius 3 is 2.15 bits per heavy atom. The molecule has 3 amide bonds. The van der Waals surface area contributed by atoms with Crippen LogP contribution in [0.2, 0.25) is 0 Å². The first-order valence-electron chi connectivity index (χ1n) is 9.05. The Bertz CT molecular complexity index is 580. The van der Waals surface area contributed by atoms with Crippen LogP contribution in [0.25, 0.3) is 0 Å². The van der Waals surface area contributed by atoms with Crippen LogP contribution in [0.15, 0.2) is 0 Å². The fourth-order valence-electron chi connectivity index (χ4n) is 2.85. The molecule has 0 aromatic heterocycles. The molecule has 0 saturated carbocycles. The Morgan fingerprint density at radius 2 is 1.67 bits per heavy atom. The number of nitrogens with two attached hydrogens (primary N) is 1. The van der Waals surface area contributed by atoms with Crippen LogP contribution in [0.4, 0.5) is 0 Å². The minimum Gasteiger partial charge on any atom is -0.480 e.